The fourth-order valence-corrected chi connectivity index (χ4v) is 2.38. The van der Waals surface area contributed by atoms with Gasteiger partial charge in [0.15, 0.2) is 0 Å². The van der Waals surface area contributed by atoms with E-state index in [0.29, 0.717) is 5.92 Å². The fraction of sp³-hybridized carbons (Fsp3) is 0.875. The minimum atomic E-state index is -0.641. The van der Waals surface area contributed by atoms with Crippen LogP contribution in [0, 0.1) is 11.8 Å². The van der Waals surface area contributed by atoms with Crippen molar-refractivity contribution in [3.05, 3.63) is 0 Å². The molecule has 0 aromatic heterocycles. The molecule has 1 aliphatic rings. The molecule has 2 N–H and O–H groups in total. The van der Waals surface area contributed by atoms with Gasteiger partial charge in [-0.3, -0.25) is 4.79 Å². The number of nitrogens with one attached hydrogen (secondary N) is 1. The lowest BCUT2D eigenvalue weighted by molar-refractivity contribution is -0.142. The molecule has 0 aromatic carbocycles. The zero-order valence-electron chi connectivity index (χ0n) is 7.25. The van der Waals surface area contributed by atoms with Gasteiger partial charge in [-0.2, -0.15) is 11.8 Å². The summed E-state index contributed by atoms with van der Waals surface area (Å²) in [5.74, 6) is 0.282. The van der Waals surface area contributed by atoms with Gasteiger partial charge in [0.2, 0.25) is 0 Å². The standard InChI is InChI=1S/C8H15NO2S/c1-12-5-7(8(10)11)6-2-3-9-4-6/h6-7,9H,2-5H2,1H3,(H,10,11). The van der Waals surface area contributed by atoms with Gasteiger partial charge in [-0.05, 0) is 31.7 Å². The molecule has 12 heavy (non-hydrogen) atoms. The summed E-state index contributed by atoms with van der Waals surface area (Å²) in [6, 6.07) is 0. The van der Waals surface area contributed by atoms with Crippen molar-refractivity contribution >= 4 is 17.7 Å². The first-order valence-corrected chi connectivity index (χ1v) is 5.57. The predicted octanol–water partition coefficient (Wildman–Crippen LogP) is 0.660. The van der Waals surface area contributed by atoms with E-state index in [-0.39, 0.29) is 5.92 Å². The van der Waals surface area contributed by atoms with Crippen molar-refractivity contribution in [2.75, 3.05) is 25.1 Å². The number of rotatable bonds is 4. The van der Waals surface area contributed by atoms with E-state index in [0.717, 1.165) is 25.3 Å². The number of hydrogen-bond donors (Lipinski definition) is 2. The Morgan fingerprint density at radius 2 is 2.58 bits per heavy atom. The van der Waals surface area contributed by atoms with Crippen LogP contribution in [0.1, 0.15) is 6.42 Å². The summed E-state index contributed by atoms with van der Waals surface area (Å²) in [6.45, 7) is 1.85. The average Bonchev–Trinajstić information content (AvgIpc) is 2.51. The zero-order valence-corrected chi connectivity index (χ0v) is 8.06. The number of hydrogen-bond acceptors (Lipinski definition) is 3. The van der Waals surface area contributed by atoms with E-state index in [1.807, 2.05) is 6.26 Å². The third-order valence-corrected chi connectivity index (χ3v) is 3.02. The van der Waals surface area contributed by atoms with E-state index in [1.165, 1.54) is 0 Å². The quantitative estimate of drug-likeness (QED) is 0.682. The Bertz CT molecular complexity index is 157. The van der Waals surface area contributed by atoms with Gasteiger partial charge in [-0.25, -0.2) is 0 Å². The average molecular weight is 189 g/mol. The summed E-state index contributed by atoms with van der Waals surface area (Å²) in [6.07, 6.45) is 2.97. The van der Waals surface area contributed by atoms with Crippen LogP contribution in [0.15, 0.2) is 0 Å². The van der Waals surface area contributed by atoms with Crippen molar-refractivity contribution in [2.45, 2.75) is 6.42 Å². The van der Waals surface area contributed by atoms with Crippen LogP contribution in [0.4, 0.5) is 0 Å². The molecule has 0 aliphatic carbocycles. The lowest BCUT2D eigenvalue weighted by Crippen LogP contribution is -2.27. The van der Waals surface area contributed by atoms with Gasteiger partial charge < -0.3 is 10.4 Å². The SMILES string of the molecule is CSCC(C(=O)O)C1CCNC1. The molecule has 1 fully saturated rings. The highest BCUT2D eigenvalue weighted by Gasteiger charge is 2.29. The summed E-state index contributed by atoms with van der Waals surface area (Å²) in [5.41, 5.74) is 0. The van der Waals surface area contributed by atoms with Gasteiger partial charge in [0.25, 0.3) is 0 Å². The lowest BCUT2D eigenvalue weighted by Gasteiger charge is -2.16. The molecule has 2 atom stereocenters. The summed E-state index contributed by atoms with van der Waals surface area (Å²) in [5, 5.41) is 12.1. The molecule has 1 aliphatic heterocycles. The second kappa shape index (κ2) is 4.72. The van der Waals surface area contributed by atoms with Gasteiger partial charge in [-0.1, -0.05) is 0 Å². The fourth-order valence-electron chi connectivity index (χ4n) is 1.61. The smallest absolute Gasteiger partial charge is 0.307 e. The van der Waals surface area contributed by atoms with Crippen LogP contribution in [-0.2, 0) is 4.79 Å². The Kier molecular flexibility index (Phi) is 3.88. The largest absolute Gasteiger partial charge is 0.481 e. The van der Waals surface area contributed by atoms with E-state index in [9.17, 15) is 4.79 Å². The molecule has 0 radical (unpaired) electrons. The maximum Gasteiger partial charge on any atom is 0.307 e. The van der Waals surface area contributed by atoms with Crippen molar-refractivity contribution in [3.8, 4) is 0 Å². The second-order valence-corrected chi connectivity index (χ2v) is 4.06. The van der Waals surface area contributed by atoms with E-state index in [1.54, 1.807) is 11.8 Å². The van der Waals surface area contributed by atoms with Crippen molar-refractivity contribution in [2.24, 2.45) is 11.8 Å². The van der Waals surface area contributed by atoms with Gasteiger partial charge in [0.05, 0.1) is 5.92 Å². The number of carboxylic acid groups (broad SMARTS) is 1. The zero-order chi connectivity index (χ0) is 8.97. The molecular weight excluding hydrogens is 174 g/mol. The Morgan fingerprint density at radius 1 is 1.83 bits per heavy atom. The molecule has 0 amide bonds. The molecule has 1 rings (SSSR count). The van der Waals surface area contributed by atoms with Crippen LogP contribution in [0.2, 0.25) is 0 Å². The van der Waals surface area contributed by atoms with E-state index >= 15 is 0 Å². The Labute approximate surface area is 76.9 Å². The first-order chi connectivity index (χ1) is 5.75. The number of aliphatic carboxylic acids is 1. The van der Waals surface area contributed by atoms with E-state index in [2.05, 4.69) is 5.32 Å². The van der Waals surface area contributed by atoms with Crippen LogP contribution < -0.4 is 5.32 Å². The van der Waals surface area contributed by atoms with Crippen LogP contribution >= 0.6 is 11.8 Å². The summed E-state index contributed by atoms with van der Waals surface area (Å²) >= 11 is 1.62. The summed E-state index contributed by atoms with van der Waals surface area (Å²) in [4.78, 5) is 10.8. The van der Waals surface area contributed by atoms with Gasteiger partial charge in [0, 0.05) is 5.75 Å². The number of thioether (sulfide) groups is 1. The lowest BCUT2D eigenvalue weighted by atomic mass is 9.93. The van der Waals surface area contributed by atoms with Crippen molar-refractivity contribution in [1.82, 2.24) is 5.32 Å². The minimum absolute atomic E-state index is 0.157. The highest BCUT2D eigenvalue weighted by atomic mass is 32.2. The molecule has 2 unspecified atom stereocenters. The molecular formula is C8H15NO2S. The van der Waals surface area contributed by atoms with Crippen LogP contribution in [0.25, 0.3) is 0 Å². The Morgan fingerprint density at radius 3 is 3.00 bits per heavy atom. The third-order valence-electron chi connectivity index (χ3n) is 2.33. The van der Waals surface area contributed by atoms with Gasteiger partial charge in [-0.15, -0.1) is 0 Å². The van der Waals surface area contributed by atoms with Crippen molar-refractivity contribution in [3.63, 3.8) is 0 Å². The molecule has 0 bridgehead atoms. The van der Waals surface area contributed by atoms with Crippen molar-refractivity contribution < 1.29 is 9.90 Å². The first-order valence-electron chi connectivity index (χ1n) is 4.18. The third kappa shape index (κ3) is 2.38. The summed E-state index contributed by atoms with van der Waals surface area (Å²) < 4.78 is 0. The highest BCUT2D eigenvalue weighted by Crippen LogP contribution is 2.22. The summed E-state index contributed by atoms with van der Waals surface area (Å²) in [7, 11) is 0. The van der Waals surface area contributed by atoms with Crippen LogP contribution in [0.5, 0.6) is 0 Å². The monoisotopic (exact) mass is 189 g/mol. The maximum absolute atomic E-state index is 10.8. The Balaban J connectivity index is 2.45. The topological polar surface area (TPSA) is 49.3 Å². The Hall–Kier alpha value is -0.220. The minimum Gasteiger partial charge on any atom is -0.481 e. The molecule has 1 heterocycles. The van der Waals surface area contributed by atoms with Crippen molar-refractivity contribution in [1.29, 1.82) is 0 Å². The molecule has 0 aromatic rings. The van der Waals surface area contributed by atoms with E-state index < -0.39 is 5.97 Å². The molecule has 0 spiro atoms. The maximum atomic E-state index is 10.8. The molecule has 4 heteroatoms. The first kappa shape index (κ1) is 9.86. The van der Waals surface area contributed by atoms with Crippen LogP contribution in [0.3, 0.4) is 0 Å². The van der Waals surface area contributed by atoms with Gasteiger partial charge >= 0.3 is 5.97 Å². The number of carboxylic acids is 1. The molecule has 70 valence electrons. The predicted molar refractivity (Wildman–Crippen MR) is 50.5 cm³/mol. The highest BCUT2D eigenvalue weighted by molar-refractivity contribution is 7.98. The normalized spacial score (nSPS) is 25.6. The van der Waals surface area contributed by atoms with Crippen LogP contribution in [-0.4, -0.2) is 36.2 Å². The molecule has 3 nitrogen and oxygen atoms in total. The van der Waals surface area contributed by atoms with Gasteiger partial charge in [0.1, 0.15) is 0 Å². The molecule has 1 saturated heterocycles. The molecule has 0 saturated carbocycles. The second-order valence-electron chi connectivity index (χ2n) is 3.15. The number of carbonyl (C=O) groups is 1. The van der Waals surface area contributed by atoms with E-state index in [4.69, 9.17) is 5.11 Å².